The Morgan fingerprint density at radius 3 is 2.06 bits per heavy atom. The zero-order valence-corrected chi connectivity index (χ0v) is 19.5. The van der Waals surface area contributed by atoms with Gasteiger partial charge in [0.25, 0.3) is 0 Å². The number of ether oxygens (including phenoxy) is 1. The monoisotopic (exact) mass is 484 g/mol. The van der Waals surface area contributed by atoms with Crippen molar-refractivity contribution in [3.05, 3.63) is 54.1 Å². The van der Waals surface area contributed by atoms with Gasteiger partial charge in [-0.25, -0.2) is 8.42 Å². The predicted octanol–water partition coefficient (Wildman–Crippen LogP) is 4.75. The van der Waals surface area contributed by atoms with Crippen molar-refractivity contribution >= 4 is 21.6 Å². The molecular weight excluding hydrogens is 457 g/mol. The third-order valence-corrected chi connectivity index (χ3v) is 7.57. The van der Waals surface area contributed by atoms with E-state index in [-0.39, 0.29) is 35.6 Å². The van der Waals surface area contributed by atoms with Gasteiger partial charge < -0.3 is 10.1 Å². The first-order valence-corrected chi connectivity index (χ1v) is 12.0. The van der Waals surface area contributed by atoms with Gasteiger partial charge in [0, 0.05) is 24.7 Å². The van der Waals surface area contributed by atoms with E-state index in [0.29, 0.717) is 18.5 Å². The normalized spacial score (nSPS) is 16.4. The third kappa shape index (κ3) is 5.86. The minimum Gasteiger partial charge on any atom is -0.478 e. The Balaban J connectivity index is 1.55. The summed E-state index contributed by atoms with van der Waals surface area (Å²) < 4.78 is 70.9. The molecule has 0 radical (unpaired) electrons. The summed E-state index contributed by atoms with van der Waals surface area (Å²) in [6, 6.07) is 12.3. The second-order valence-electron chi connectivity index (χ2n) is 8.62. The van der Waals surface area contributed by atoms with Gasteiger partial charge in [-0.15, -0.1) is 0 Å². The highest BCUT2D eigenvalue weighted by atomic mass is 32.2. The van der Waals surface area contributed by atoms with Crippen molar-refractivity contribution in [1.29, 1.82) is 0 Å². The number of hydrogen-bond acceptors (Lipinski definition) is 4. The molecule has 3 rings (SSSR count). The number of rotatable bonds is 6. The second kappa shape index (κ2) is 9.34. The van der Waals surface area contributed by atoms with Crippen LogP contribution in [0.2, 0.25) is 0 Å². The van der Waals surface area contributed by atoms with E-state index in [0.717, 1.165) is 19.4 Å². The molecule has 1 fully saturated rings. The Hall–Kier alpha value is -2.59. The van der Waals surface area contributed by atoms with Crippen molar-refractivity contribution in [1.82, 2.24) is 4.31 Å². The Labute approximate surface area is 191 Å². The lowest BCUT2D eigenvalue weighted by Crippen LogP contribution is -2.44. The minimum atomic E-state index is -4.53. The van der Waals surface area contributed by atoms with Crippen LogP contribution in [0.3, 0.4) is 0 Å². The second-order valence-corrected chi connectivity index (χ2v) is 10.6. The highest BCUT2D eigenvalue weighted by Gasteiger charge is 2.49. The summed E-state index contributed by atoms with van der Waals surface area (Å²) in [6.45, 7) is 4.22. The fourth-order valence-corrected chi connectivity index (χ4v) is 4.89. The van der Waals surface area contributed by atoms with Crippen LogP contribution in [0.4, 0.5) is 18.9 Å². The standard InChI is InChI=1S/C23H27F3N2O4S/c1-16-4-10-20(11-5-16)33(30,31)28-14-12-17(13-15-28)21(29)27-18-6-8-19(9-7-18)32-22(2,3)23(24,25)26/h4-11,17H,12-15H2,1-3H3,(H,27,29). The lowest BCUT2D eigenvalue weighted by Gasteiger charge is -2.30. The maximum atomic E-state index is 13.0. The molecule has 0 atom stereocenters. The van der Waals surface area contributed by atoms with Gasteiger partial charge in [-0.2, -0.15) is 17.5 Å². The van der Waals surface area contributed by atoms with E-state index in [9.17, 15) is 26.4 Å². The number of nitrogens with zero attached hydrogens (tertiary/aromatic N) is 1. The van der Waals surface area contributed by atoms with E-state index >= 15 is 0 Å². The Morgan fingerprint density at radius 1 is 1.00 bits per heavy atom. The average molecular weight is 485 g/mol. The van der Waals surface area contributed by atoms with Crippen molar-refractivity contribution in [2.75, 3.05) is 18.4 Å². The van der Waals surface area contributed by atoms with Crippen LogP contribution in [-0.4, -0.2) is 43.5 Å². The summed E-state index contributed by atoms with van der Waals surface area (Å²) in [5.74, 6) is -0.592. The van der Waals surface area contributed by atoms with Crippen LogP contribution < -0.4 is 10.1 Å². The van der Waals surface area contributed by atoms with Crippen molar-refractivity contribution in [3.8, 4) is 5.75 Å². The largest absolute Gasteiger partial charge is 0.478 e. The zero-order valence-electron chi connectivity index (χ0n) is 18.6. The maximum Gasteiger partial charge on any atom is 0.427 e. The quantitative estimate of drug-likeness (QED) is 0.642. The number of nitrogens with one attached hydrogen (secondary N) is 1. The highest BCUT2D eigenvalue weighted by molar-refractivity contribution is 7.89. The number of aryl methyl sites for hydroxylation is 1. The number of anilines is 1. The fourth-order valence-electron chi connectivity index (χ4n) is 3.42. The summed E-state index contributed by atoms with van der Waals surface area (Å²) in [6.07, 6.45) is -3.78. The number of alkyl halides is 3. The Morgan fingerprint density at radius 2 is 1.55 bits per heavy atom. The number of carbonyl (C=O) groups excluding carboxylic acids is 1. The van der Waals surface area contributed by atoms with Crippen LogP contribution in [0.25, 0.3) is 0 Å². The molecule has 0 aliphatic carbocycles. The number of halogens is 3. The highest BCUT2D eigenvalue weighted by Crippen LogP contribution is 2.34. The van der Waals surface area contributed by atoms with Crippen molar-refractivity contribution in [2.24, 2.45) is 5.92 Å². The lowest BCUT2D eigenvalue weighted by molar-refractivity contribution is -0.234. The average Bonchev–Trinajstić information content (AvgIpc) is 2.74. The number of hydrogen-bond donors (Lipinski definition) is 1. The lowest BCUT2D eigenvalue weighted by atomic mass is 9.97. The molecule has 0 bridgehead atoms. The molecule has 1 amide bonds. The van der Waals surface area contributed by atoms with Crippen molar-refractivity contribution in [3.63, 3.8) is 0 Å². The molecular formula is C23H27F3N2O4S. The molecule has 1 aliphatic rings. The van der Waals surface area contributed by atoms with Crippen LogP contribution in [0.15, 0.2) is 53.4 Å². The Bertz CT molecular complexity index is 1070. The predicted molar refractivity (Wildman–Crippen MR) is 118 cm³/mol. The topological polar surface area (TPSA) is 75.7 Å². The molecule has 1 aliphatic heterocycles. The van der Waals surface area contributed by atoms with Gasteiger partial charge in [-0.3, -0.25) is 4.79 Å². The fraction of sp³-hybridized carbons (Fsp3) is 0.435. The van der Waals surface area contributed by atoms with E-state index in [1.807, 2.05) is 6.92 Å². The molecule has 1 N–H and O–H groups in total. The first-order chi connectivity index (χ1) is 15.3. The van der Waals surface area contributed by atoms with Gasteiger partial charge >= 0.3 is 6.18 Å². The van der Waals surface area contributed by atoms with Crippen LogP contribution in [0, 0.1) is 12.8 Å². The molecule has 33 heavy (non-hydrogen) atoms. The third-order valence-electron chi connectivity index (χ3n) is 5.66. The number of carbonyl (C=O) groups is 1. The summed E-state index contributed by atoms with van der Waals surface area (Å²) in [5.41, 5.74) is -0.954. The zero-order chi connectivity index (χ0) is 24.4. The molecule has 0 spiro atoms. The van der Waals surface area contributed by atoms with Crippen molar-refractivity contribution in [2.45, 2.75) is 50.3 Å². The number of amides is 1. The molecule has 2 aromatic carbocycles. The van der Waals surface area contributed by atoms with E-state index in [1.54, 1.807) is 24.3 Å². The summed E-state index contributed by atoms with van der Waals surface area (Å²) >= 11 is 0. The van der Waals surface area contributed by atoms with Crippen LogP contribution >= 0.6 is 0 Å². The maximum absolute atomic E-state index is 13.0. The van der Waals surface area contributed by atoms with Gasteiger partial charge in [0.2, 0.25) is 15.9 Å². The summed E-state index contributed by atoms with van der Waals surface area (Å²) in [5, 5.41) is 2.74. The van der Waals surface area contributed by atoms with Gasteiger partial charge in [-0.1, -0.05) is 17.7 Å². The molecule has 2 aromatic rings. The smallest absolute Gasteiger partial charge is 0.427 e. The molecule has 6 nitrogen and oxygen atoms in total. The molecule has 180 valence electrons. The number of piperidine rings is 1. The first-order valence-electron chi connectivity index (χ1n) is 10.5. The van der Waals surface area contributed by atoms with Gasteiger partial charge in [0.1, 0.15) is 5.75 Å². The van der Waals surface area contributed by atoms with Gasteiger partial charge in [0.05, 0.1) is 4.90 Å². The van der Waals surface area contributed by atoms with Gasteiger partial charge in [0.15, 0.2) is 5.60 Å². The van der Waals surface area contributed by atoms with E-state index < -0.39 is 21.8 Å². The number of benzene rings is 2. The number of sulfonamides is 1. The van der Waals surface area contributed by atoms with E-state index in [1.165, 1.54) is 28.6 Å². The van der Waals surface area contributed by atoms with E-state index in [2.05, 4.69) is 5.32 Å². The first kappa shape index (κ1) is 25.0. The molecule has 1 heterocycles. The summed E-state index contributed by atoms with van der Waals surface area (Å²) in [4.78, 5) is 12.8. The van der Waals surface area contributed by atoms with Crippen LogP contribution in [0.5, 0.6) is 5.75 Å². The molecule has 0 unspecified atom stereocenters. The molecule has 1 saturated heterocycles. The van der Waals surface area contributed by atoms with Crippen LogP contribution in [0.1, 0.15) is 32.3 Å². The van der Waals surface area contributed by atoms with Gasteiger partial charge in [-0.05, 0) is 70.0 Å². The molecule has 10 heteroatoms. The minimum absolute atomic E-state index is 0.0324. The van der Waals surface area contributed by atoms with E-state index in [4.69, 9.17) is 4.74 Å². The Kier molecular flexibility index (Phi) is 7.09. The molecule has 0 saturated carbocycles. The summed E-state index contributed by atoms with van der Waals surface area (Å²) in [7, 11) is -3.61. The molecule has 0 aromatic heterocycles. The van der Waals surface area contributed by atoms with Crippen LogP contribution in [-0.2, 0) is 14.8 Å². The SMILES string of the molecule is Cc1ccc(S(=O)(=O)N2CCC(C(=O)Nc3ccc(OC(C)(C)C(F)(F)F)cc3)CC2)cc1. The van der Waals surface area contributed by atoms with Crippen molar-refractivity contribution < 1.29 is 31.1 Å².